The van der Waals surface area contributed by atoms with E-state index in [4.69, 9.17) is 9.84 Å². The van der Waals surface area contributed by atoms with Crippen LogP contribution in [-0.2, 0) is 4.79 Å². The largest absolute Gasteiger partial charge is 0.497 e. The Labute approximate surface area is 128 Å². The summed E-state index contributed by atoms with van der Waals surface area (Å²) in [5.41, 5.74) is 0. The molecule has 0 aliphatic rings. The molecule has 0 fully saturated rings. The van der Waals surface area contributed by atoms with E-state index in [1.807, 2.05) is 18.2 Å². The van der Waals surface area contributed by atoms with E-state index in [1.54, 1.807) is 14.0 Å². The molecular weight excluding hydrogens is 376 g/mol. The third kappa shape index (κ3) is 5.20. The van der Waals surface area contributed by atoms with Gasteiger partial charge in [-0.25, -0.2) is 0 Å². The van der Waals surface area contributed by atoms with Crippen molar-refractivity contribution in [3.05, 3.63) is 40.9 Å². The fraction of sp³-hybridized carbons (Fsp3) is 0.214. The molecule has 19 heavy (non-hydrogen) atoms. The van der Waals surface area contributed by atoms with Gasteiger partial charge in [-0.15, -0.1) is 0 Å². The van der Waals surface area contributed by atoms with Gasteiger partial charge < -0.3 is 9.84 Å². The number of fused-ring (bicyclic) bond motifs is 1. The third-order valence-corrected chi connectivity index (χ3v) is 3.23. The number of ether oxygens (including phenoxy) is 1. The van der Waals surface area contributed by atoms with Crippen LogP contribution in [-0.4, -0.2) is 23.0 Å². The van der Waals surface area contributed by atoms with Crippen molar-refractivity contribution >= 4 is 48.6 Å². The smallest absolute Gasteiger partial charge is 0.316 e. The van der Waals surface area contributed by atoms with Gasteiger partial charge in [0.05, 0.1) is 7.11 Å². The van der Waals surface area contributed by atoms with Crippen LogP contribution in [0.2, 0.25) is 0 Å². The maximum atomic E-state index is 9.65. The lowest BCUT2D eigenvalue weighted by Crippen LogP contribution is -2.06. The van der Waals surface area contributed by atoms with Crippen LogP contribution in [0.4, 0.5) is 0 Å². The first kappa shape index (κ1) is 16.0. The van der Waals surface area contributed by atoms with Crippen molar-refractivity contribution < 1.29 is 14.6 Å². The molecule has 102 valence electrons. The number of benzene rings is 2. The molecule has 2 aromatic carbocycles. The molecule has 0 heterocycles. The van der Waals surface area contributed by atoms with Crippen LogP contribution >= 0.6 is 31.9 Å². The molecule has 3 nitrogen and oxygen atoms in total. The van der Waals surface area contributed by atoms with E-state index in [-0.39, 0.29) is 0 Å². The van der Waals surface area contributed by atoms with Gasteiger partial charge in [0.15, 0.2) is 0 Å². The normalized spacial score (nSPS) is 11.4. The first-order chi connectivity index (χ1) is 8.93. The van der Waals surface area contributed by atoms with Gasteiger partial charge in [0.25, 0.3) is 0 Å². The molecule has 2 aromatic rings. The van der Waals surface area contributed by atoms with Crippen molar-refractivity contribution in [2.45, 2.75) is 11.8 Å². The highest BCUT2D eigenvalue weighted by Crippen LogP contribution is 2.23. The molecule has 0 amide bonds. The second kappa shape index (κ2) is 7.50. The maximum absolute atomic E-state index is 9.65. The Bertz CT molecular complexity index is 568. The van der Waals surface area contributed by atoms with E-state index >= 15 is 0 Å². The Morgan fingerprint density at radius 3 is 2.26 bits per heavy atom. The molecular formula is C14H14Br2O3. The van der Waals surface area contributed by atoms with E-state index in [1.165, 1.54) is 10.8 Å². The van der Waals surface area contributed by atoms with Crippen LogP contribution in [0.5, 0.6) is 5.75 Å². The quantitative estimate of drug-likeness (QED) is 0.771. The number of carboxylic acid groups (broad SMARTS) is 1. The van der Waals surface area contributed by atoms with Gasteiger partial charge in [0, 0.05) is 4.47 Å². The second-order valence-electron chi connectivity index (χ2n) is 3.81. The second-order valence-corrected chi connectivity index (χ2v) is 6.10. The Morgan fingerprint density at radius 2 is 1.74 bits per heavy atom. The van der Waals surface area contributed by atoms with Crippen molar-refractivity contribution in [3.8, 4) is 5.75 Å². The number of methoxy groups -OCH3 is 1. The number of hydrogen-bond donors (Lipinski definition) is 1. The number of carbonyl (C=O) groups is 1. The van der Waals surface area contributed by atoms with Gasteiger partial charge in [-0.3, -0.25) is 4.79 Å². The van der Waals surface area contributed by atoms with Crippen LogP contribution in [0.15, 0.2) is 40.9 Å². The van der Waals surface area contributed by atoms with Crippen LogP contribution in [0.1, 0.15) is 6.92 Å². The first-order valence-corrected chi connectivity index (χ1v) is 7.25. The highest BCUT2D eigenvalue weighted by molar-refractivity contribution is 9.10. The SMILES string of the molecule is CC(Br)C(=O)O.COc1ccc2cc(Br)ccc2c1. The summed E-state index contributed by atoms with van der Waals surface area (Å²) in [5, 5.41) is 10.4. The summed E-state index contributed by atoms with van der Waals surface area (Å²) in [6.45, 7) is 1.56. The summed E-state index contributed by atoms with van der Waals surface area (Å²) in [5.74, 6) is 0.0739. The lowest BCUT2D eigenvalue weighted by atomic mass is 10.1. The molecule has 0 saturated carbocycles. The van der Waals surface area contributed by atoms with Gasteiger partial charge in [-0.2, -0.15) is 0 Å². The Balaban J connectivity index is 0.000000258. The Morgan fingerprint density at radius 1 is 1.21 bits per heavy atom. The standard InChI is InChI=1S/C11H9BrO.C3H5BrO2/c1-13-11-5-3-8-6-10(12)4-2-9(8)7-11;1-2(4)3(5)6/h2-7H,1H3;2H,1H3,(H,5,6). The zero-order chi connectivity index (χ0) is 14.4. The van der Waals surface area contributed by atoms with E-state index < -0.39 is 10.8 Å². The number of alkyl halides is 1. The molecule has 0 spiro atoms. The molecule has 1 atom stereocenters. The highest BCUT2D eigenvalue weighted by Gasteiger charge is 2.01. The topological polar surface area (TPSA) is 46.5 Å². The summed E-state index contributed by atoms with van der Waals surface area (Å²) in [4.78, 5) is 9.23. The number of rotatable bonds is 2. The van der Waals surface area contributed by atoms with Crippen LogP contribution < -0.4 is 4.74 Å². The molecule has 0 bridgehead atoms. The van der Waals surface area contributed by atoms with E-state index in [0.717, 1.165) is 10.2 Å². The zero-order valence-electron chi connectivity index (χ0n) is 10.6. The van der Waals surface area contributed by atoms with E-state index in [0.29, 0.717) is 0 Å². The summed E-state index contributed by atoms with van der Waals surface area (Å²) >= 11 is 6.28. The van der Waals surface area contributed by atoms with Crippen molar-refractivity contribution in [3.63, 3.8) is 0 Å². The average molecular weight is 390 g/mol. The van der Waals surface area contributed by atoms with Crippen molar-refractivity contribution in [1.82, 2.24) is 0 Å². The number of carboxylic acids is 1. The fourth-order valence-corrected chi connectivity index (χ4v) is 1.70. The lowest BCUT2D eigenvalue weighted by Gasteiger charge is -2.02. The monoisotopic (exact) mass is 388 g/mol. The summed E-state index contributed by atoms with van der Waals surface area (Å²) < 4.78 is 6.24. The molecule has 0 saturated heterocycles. The maximum Gasteiger partial charge on any atom is 0.316 e. The highest BCUT2D eigenvalue weighted by atomic mass is 79.9. The molecule has 5 heteroatoms. The van der Waals surface area contributed by atoms with Gasteiger partial charge in [-0.05, 0) is 42.0 Å². The van der Waals surface area contributed by atoms with Gasteiger partial charge in [0.2, 0.25) is 0 Å². The van der Waals surface area contributed by atoms with Gasteiger partial charge >= 0.3 is 5.97 Å². The summed E-state index contributed by atoms with van der Waals surface area (Å²) in [6.07, 6.45) is 0. The molecule has 1 N–H and O–H groups in total. The summed E-state index contributed by atoms with van der Waals surface area (Å²) in [7, 11) is 1.68. The van der Waals surface area contributed by atoms with Crippen molar-refractivity contribution in [2.75, 3.05) is 7.11 Å². The molecule has 1 unspecified atom stereocenters. The van der Waals surface area contributed by atoms with Gasteiger partial charge in [0.1, 0.15) is 10.6 Å². The van der Waals surface area contributed by atoms with Crippen molar-refractivity contribution in [2.24, 2.45) is 0 Å². The summed E-state index contributed by atoms with van der Waals surface area (Å²) in [6, 6.07) is 12.2. The van der Waals surface area contributed by atoms with Gasteiger partial charge in [-0.1, -0.05) is 44.0 Å². The lowest BCUT2D eigenvalue weighted by molar-refractivity contribution is -0.135. The zero-order valence-corrected chi connectivity index (χ0v) is 13.7. The van der Waals surface area contributed by atoms with Crippen LogP contribution in [0.3, 0.4) is 0 Å². The fourth-order valence-electron chi connectivity index (χ4n) is 1.32. The number of aliphatic carboxylic acids is 1. The minimum Gasteiger partial charge on any atom is -0.497 e. The molecule has 2 rings (SSSR count). The van der Waals surface area contributed by atoms with Crippen LogP contribution in [0.25, 0.3) is 10.8 Å². The van der Waals surface area contributed by atoms with E-state index in [2.05, 4.69) is 50.1 Å². The minimum absolute atomic E-state index is 0.419. The predicted molar refractivity (Wildman–Crippen MR) is 84.2 cm³/mol. The first-order valence-electron chi connectivity index (χ1n) is 5.54. The molecule has 0 aliphatic heterocycles. The molecule has 0 aromatic heterocycles. The Hall–Kier alpha value is -1.07. The number of halogens is 2. The minimum atomic E-state index is -0.824. The Kier molecular flexibility index (Phi) is 6.31. The van der Waals surface area contributed by atoms with Crippen molar-refractivity contribution in [1.29, 1.82) is 0 Å². The predicted octanol–water partition coefficient (Wildman–Crippen LogP) is 4.47. The molecule has 0 radical (unpaired) electrons. The van der Waals surface area contributed by atoms with Crippen LogP contribution in [0, 0.1) is 0 Å². The van der Waals surface area contributed by atoms with E-state index in [9.17, 15) is 4.79 Å². The molecule has 0 aliphatic carbocycles. The number of hydrogen-bond acceptors (Lipinski definition) is 2. The third-order valence-electron chi connectivity index (χ3n) is 2.35. The average Bonchev–Trinajstić information content (AvgIpc) is 2.38.